The van der Waals surface area contributed by atoms with E-state index in [1.54, 1.807) is 40.0 Å². The summed E-state index contributed by atoms with van der Waals surface area (Å²) in [5.41, 5.74) is 2.02. The molecular weight excluding hydrogens is 416 g/mol. The number of nitrogens with one attached hydrogen (secondary N) is 1. The molecule has 1 aliphatic rings. The Bertz CT molecular complexity index is 1060. The van der Waals surface area contributed by atoms with E-state index < -0.39 is 10.0 Å². The summed E-state index contributed by atoms with van der Waals surface area (Å²) in [6, 6.07) is 8.55. The second-order valence-corrected chi connectivity index (χ2v) is 10.3. The predicted octanol–water partition coefficient (Wildman–Crippen LogP) is 3.12. The first kappa shape index (κ1) is 19.4. The van der Waals surface area contributed by atoms with Gasteiger partial charge in [0, 0.05) is 24.7 Å². The van der Waals surface area contributed by atoms with Crippen LogP contribution in [-0.4, -0.2) is 46.5 Å². The zero-order valence-corrected chi connectivity index (χ0v) is 17.5. The molecule has 4 rings (SSSR count). The number of thiophene rings is 1. The van der Waals surface area contributed by atoms with Crippen molar-refractivity contribution in [3.05, 3.63) is 41.3 Å². The normalized spacial score (nSPS) is 18.4. The maximum Gasteiger partial charge on any atom is 0.252 e. The number of piperidine rings is 1. The van der Waals surface area contributed by atoms with E-state index in [0.717, 1.165) is 36.5 Å². The van der Waals surface area contributed by atoms with Gasteiger partial charge >= 0.3 is 0 Å². The minimum atomic E-state index is -3.46. The number of rotatable bonds is 6. The second-order valence-electron chi connectivity index (χ2n) is 6.71. The van der Waals surface area contributed by atoms with Gasteiger partial charge in [-0.15, -0.1) is 11.3 Å². The monoisotopic (exact) mass is 436 g/mol. The van der Waals surface area contributed by atoms with Crippen LogP contribution >= 0.6 is 23.1 Å². The lowest BCUT2D eigenvalue weighted by atomic mass is 10.0. The lowest BCUT2D eigenvalue weighted by Crippen LogP contribution is -2.44. The van der Waals surface area contributed by atoms with Crippen LogP contribution in [0.4, 0.5) is 0 Å². The lowest BCUT2D eigenvalue weighted by Gasteiger charge is -2.34. The average molecular weight is 437 g/mol. The molecule has 1 atom stereocenters. The van der Waals surface area contributed by atoms with E-state index in [-0.39, 0.29) is 11.9 Å². The maximum absolute atomic E-state index is 12.9. The van der Waals surface area contributed by atoms with Crippen molar-refractivity contribution >= 4 is 50.0 Å². The molecule has 1 unspecified atom stereocenters. The maximum atomic E-state index is 12.9. The number of amides is 1. The molecular formula is C18H20N4O3S3. The number of hydrogen-bond donors (Lipinski definition) is 1. The van der Waals surface area contributed by atoms with Gasteiger partial charge in [-0.2, -0.15) is 13.1 Å². The molecule has 0 bridgehead atoms. The quantitative estimate of drug-likeness (QED) is 0.641. The highest BCUT2D eigenvalue weighted by Crippen LogP contribution is 2.29. The first-order valence-corrected chi connectivity index (χ1v) is 12.2. The van der Waals surface area contributed by atoms with Crippen molar-refractivity contribution in [3.8, 4) is 0 Å². The van der Waals surface area contributed by atoms with Crippen molar-refractivity contribution in [1.82, 2.24) is 18.4 Å². The Morgan fingerprint density at radius 1 is 1.21 bits per heavy atom. The molecule has 148 valence electrons. The van der Waals surface area contributed by atoms with Crippen LogP contribution in [0.5, 0.6) is 0 Å². The van der Waals surface area contributed by atoms with Crippen LogP contribution in [0.1, 0.15) is 36.0 Å². The summed E-state index contributed by atoms with van der Waals surface area (Å²) < 4.78 is 36.1. The summed E-state index contributed by atoms with van der Waals surface area (Å²) >= 11 is 2.36. The molecule has 0 saturated carbocycles. The summed E-state index contributed by atoms with van der Waals surface area (Å²) in [6.45, 7) is 0.958. The number of nitrogens with zero attached hydrogens (tertiary/aromatic N) is 3. The van der Waals surface area contributed by atoms with Gasteiger partial charge in [-0.05, 0) is 48.9 Å². The summed E-state index contributed by atoms with van der Waals surface area (Å²) in [5.74, 6) is -0.182. The zero-order chi connectivity index (χ0) is 19.6. The van der Waals surface area contributed by atoms with Gasteiger partial charge in [-0.25, -0.2) is 8.42 Å². The van der Waals surface area contributed by atoms with Crippen molar-refractivity contribution in [3.63, 3.8) is 0 Å². The summed E-state index contributed by atoms with van der Waals surface area (Å²) in [7, 11) is -3.46. The number of carbonyl (C=O) groups excluding carboxylic acids is 1. The third-order valence-corrected chi connectivity index (χ3v) is 8.79. The Labute approximate surface area is 171 Å². The zero-order valence-electron chi connectivity index (χ0n) is 15.1. The first-order chi connectivity index (χ1) is 13.6. The number of benzene rings is 1. The fourth-order valence-electron chi connectivity index (χ4n) is 3.48. The molecule has 0 spiro atoms. The molecule has 1 aromatic carbocycles. The van der Waals surface area contributed by atoms with Gasteiger partial charge in [-0.3, -0.25) is 4.79 Å². The van der Waals surface area contributed by atoms with Gasteiger partial charge in [0.25, 0.3) is 15.9 Å². The van der Waals surface area contributed by atoms with E-state index in [2.05, 4.69) is 14.1 Å². The topological polar surface area (TPSA) is 92.3 Å². The van der Waals surface area contributed by atoms with Crippen LogP contribution < -0.4 is 5.32 Å². The van der Waals surface area contributed by atoms with Crippen LogP contribution in [0, 0.1) is 0 Å². The van der Waals surface area contributed by atoms with Crippen LogP contribution in [0.3, 0.4) is 0 Å². The van der Waals surface area contributed by atoms with Crippen LogP contribution in [0.15, 0.2) is 39.9 Å². The SMILES string of the molecule is O=C(NCCC1CCCCN1S(=O)(=O)c1cccs1)c1ccc2nsnc2c1. The first-order valence-electron chi connectivity index (χ1n) is 9.11. The molecule has 10 heteroatoms. The van der Waals surface area contributed by atoms with Crippen LogP contribution in [0.2, 0.25) is 0 Å². The molecule has 1 aliphatic heterocycles. The van der Waals surface area contributed by atoms with E-state index in [1.807, 2.05) is 0 Å². The molecule has 3 aromatic rings. The summed E-state index contributed by atoms with van der Waals surface area (Å²) in [6.07, 6.45) is 3.28. The predicted molar refractivity (Wildman–Crippen MR) is 110 cm³/mol. The van der Waals surface area contributed by atoms with Gasteiger partial charge in [0.05, 0.1) is 11.7 Å². The van der Waals surface area contributed by atoms with E-state index in [1.165, 1.54) is 11.3 Å². The molecule has 1 saturated heterocycles. The van der Waals surface area contributed by atoms with Crippen molar-refractivity contribution in [1.29, 1.82) is 0 Å². The smallest absolute Gasteiger partial charge is 0.252 e. The molecule has 3 heterocycles. The Morgan fingerprint density at radius 3 is 2.89 bits per heavy atom. The summed E-state index contributed by atoms with van der Waals surface area (Å²) in [5, 5.41) is 4.69. The standard InChI is InChI=1S/C18H20N4O3S3/c23-18(13-6-7-15-16(12-13)21-27-20-15)19-9-8-14-4-1-2-10-22(14)28(24,25)17-5-3-11-26-17/h3,5-7,11-12,14H,1-2,4,8-10H2,(H,19,23). The minimum Gasteiger partial charge on any atom is -0.352 e. The fraction of sp³-hybridized carbons (Fsp3) is 0.389. The Kier molecular flexibility index (Phi) is 5.72. The van der Waals surface area contributed by atoms with Gasteiger partial charge in [0.1, 0.15) is 15.2 Å². The van der Waals surface area contributed by atoms with Crippen molar-refractivity contribution in [2.24, 2.45) is 0 Å². The number of fused-ring (bicyclic) bond motifs is 1. The largest absolute Gasteiger partial charge is 0.352 e. The number of hydrogen-bond acceptors (Lipinski definition) is 7. The second kappa shape index (κ2) is 8.24. The highest BCUT2D eigenvalue weighted by molar-refractivity contribution is 7.91. The molecule has 7 nitrogen and oxygen atoms in total. The van der Waals surface area contributed by atoms with Crippen molar-refractivity contribution in [2.45, 2.75) is 35.9 Å². The Morgan fingerprint density at radius 2 is 2.07 bits per heavy atom. The molecule has 1 N–H and O–H groups in total. The average Bonchev–Trinajstić information content (AvgIpc) is 3.39. The number of carbonyl (C=O) groups is 1. The number of aromatic nitrogens is 2. The van der Waals surface area contributed by atoms with E-state index in [4.69, 9.17) is 0 Å². The molecule has 0 radical (unpaired) electrons. The molecule has 0 aliphatic carbocycles. The van der Waals surface area contributed by atoms with E-state index >= 15 is 0 Å². The Hall–Kier alpha value is -1.88. The van der Waals surface area contributed by atoms with Crippen molar-refractivity contribution < 1.29 is 13.2 Å². The third kappa shape index (κ3) is 3.95. The lowest BCUT2D eigenvalue weighted by molar-refractivity contribution is 0.0949. The number of sulfonamides is 1. The van der Waals surface area contributed by atoms with Crippen LogP contribution in [0.25, 0.3) is 11.0 Å². The summed E-state index contributed by atoms with van der Waals surface area (Å²) in [4.78, 5) is 12.4. The molecule has 28 heavy (non-hydrogen) atoms. The third-order valence-electron chi connectivity index (χ3n) is 4.91. The van der Waals surface area contributed by atoms with Crippen molar-refractivity contribution in [2.75, 3.05) is 13.1 Å². The van der Waals surface area contributed by atoms with Gasteiger partial charge in [-0.1, -0.05) is 12.5 Å². The molecule has 2 aromatic heterocycles. The van der Waals surface area contributed by atoms with Crippen LogP contribution in [-0.2, 0) is 10.0 Å². The van der Waals surface area contributed by atoms with Gasteiger partial charge < -0.3 is 5.32 Å². The minimum absolute atomic E-state index is 0.0913. The Balaban J connectivity index is 1.39. The highest BCUT2D eigenvalue weighted by Gasteiger charge is 2.33. The van der Waals surface area contributed by atoms with Gasteiger partial charge in [0.2, 0.25) is 0 Å². The van der Waals surface area contributed by atoms with E-state index in [9.17, 15) is 13.2 Å². The van der Waals surface area contributed by atoms with E-state index in [0.29, 0.717) is 34.8 Å². The van der Waals surface area contributed by atoms with Gasteiger partial charge in [0.15, 0.2) is 0 Å². The fourth-order valence-corrected chi connectivity index (χ4v) is 6.84. The highest BCUT2D eigenvalue weighted by atomic mass is 32.2. The molecule has 1 fully saturated rings. The molecule has 1 amide bonds.